The first-order valence-electron chi connectivity index (χ1n) is 6.41. The summed E-state index contributed by atoms with van der Waals surface area (Å²) in [5.41, 5.74) is 1.28. The van der Waals surface area contributed by atoms with Crippen molar-refractivity contribution in [3.8, 4) is 0 Å². The van der Waals surface area contributed by atoms with Gasteiger partial charge in [0.2, 0.25) is 0 Å². The number of morpholine rings is 1. The second-order valence-corrected chi connectivity index (χ2v) is 5.70. The highest BCUT2D eigenvalue weighted by Crippen LogP contribution is 2.42. The number of pyridine rings is 1. The number of aromatic nitrogens is 1. The zero-order valence-corrected chi connectivity index (χ0v) is 11.3. The van der Waals surface area contributed by atoms with Gasteiger partial charge in [-0.15, -0.1) is 0 Å². The number of rotatable bonds is 2. The molecular formula is C13H17ClN2O3. The topological polar surface area (TPSA) is 65.8 Å². The molecule has 1 fully saturated rings. The first-order chi connectivity index (χ1) is 9.20. The molecule has 104 valence electrons. The third-order valence-electron chi connectivity index (χ3n) is 4.21. The molecule has 2 N–H and O–H groups in total. The summed E-state index contributed by atoms with van der Waals surface area (Å²) in [4.78, 5) is 6.52. The average Bonchev–Trinajstić information content (AvgIpc) is 2.47. The van der Waals surface area contributed by atoms with Crippen LogP contribution in [0.2, 0.25) is 5.02 Å². The molecule has 6 heteroatoms. The van der Waals surface area contributed by atoms with Crippen LogP contribution in [-0.4, -0.2) is 54.2 Å². The largest absolute Gasteiger partial charge is 0.396 e. The quantitative estimate of drug-likeness (QED) is 0.826. The smallest absolute Gasteiger partial charge is 0.0678 e. The molecule has 0 aromatic carbocycles. The summed E-state index contributed by atoms with van der Waals surface area (Å²) in [6, 6.07) is 1.87. The lowest BCUT2D eigenvalue weighted by Crippen LogP contribution is -2.61. The van der Waals surface area contributed by atoms with Crippen molar-refractivity contribution in [3.05, 3.63) is 23.0 Å². The highest BCUT2D eigenvalue weighted by atomic mass is 35.5. The molecule has 0 radical (unpaired) electrons. The van der Waals surface area contributed by atoms with Crippen molar-refractivity contribution >= 4 is 17.3 Å². The van der Waals surface area contributed by atoms with Crippen molar-refractivity contribution in [1.29, 1.82) is 0 Å². The number of hydrogen-bond donors (Lipinski definition) is 2. The van der Waals surface area contributed by atoms with Crippen LogP contribution < -0.4 is 4.90 Å². The first-order valence-corrected chi connectivity index (χ1v) is 6.78. The Morgan fingerprint density at radius 2 is 2.26 bits per heavy atom. The van der Waals surface area contributed by atoms with E-state index in [4.69, 9.17) is 16.3 Å². The number of fused-ring (bicyclic) bond motifs is 3. The zero-order chi connectivity index (χ0) is 13.5. The zero-order valence-electron chi connectivity index (χ0n) is 10.5. The van der Waals surface area contributed by atoms with Crippen LogP contribution in [0.25, 0.3) is 0 Å². The lowest BCUT2D eigenvalue weighted by atomic mass is 9.73. The molecule has 0 bridgehead atoms. The fraction of sp³-hybridized carbons (Fsp3) is 0.615. The molecule has 3 heterocycles. The molecule has 3 rings (SSSR count). The normalized spacial score (nSPS) is 24.8. The summed E-state index contributed by atoms with van der Waals surface area (Å²) in [7, 11) is 0. The minimum atomic E-state index is -0.603. The molecule has 1 aromatic heterocycles. The van der Waals surface area contributed by atoms with E-state index < -0.39 is 5.41 Å². The van der Waals surface area contributed by atoms with Gasteiger partial charge in [0.25, 0.3) is 0 Å². The summed E-state index contributed by atoms with van der Waals surface area (Å²) in [5.74, 6) is 0. The van der Waals surface area contributed by atoms with Gasteiger partial charge in [-0.05, 0) is 6.07 Å². The molecular weight excluding hydrogens is 268 g/mol. The van der Waals surface area contributed by atoms with Crippen LogP contribution in [0.4, 0.5) is 5.69 Å². The Hall–Kier alpha value is -0.880. The molecule has 0 aliphatic carbocycles. The number of aliphatic hydroxyl groups is 2. The average molecular weight is 285 g/mol. The number of nitrogens with zero attached hydrogens (tertiary/aromatic N) is 2. The maximum atomic E-state index is 9.76. The van der Waals surface area contributed by atoms with Crippen LogP contribution in [0.5, 0.6) is 0 Å². The van der Waals surface area contributed by atoms with E-state index >= 15 is 0 Å². The highest BCUT2D eigenvalue weighted by molar-refractivity contribution is 6.30. The van der Waals surface area contributed by atoms with Gasteiger partial charge in [-0.2, -0.15) is 0 Å². The third-order valence-corrected chi connectivity index (χ3v) is 4.41. The van der Waals surface area contributed by atoms with Crippen LogP contribution in [0.3, 0.4) is 0 Å². The van der Waals surface area contributed by atoms with Crippen LogP contribution in [0.15, 0.2) is 12.3 Å². The van der Waals surface area contributed by atoms with Crippen LogP contribution >= 0.6 is 11.6 Å². The Morgan fingerprint density at radius 1 is 1.47 bits per heavy atom. The predicted molar refractivity (Wildman–Crippen MR) is 71.5 cm³/mol. The lowest BCUT2D eigenvalue weighted by molar-refractivity contribution is -0.0254. The SMILES string of the molecule is OCC1(CO)Cc2ncc(Cl)cc2N2CCOCC21. The second kappa shape index (κ2) is 4.90. The van der Waals surface area contributed by atoms with Crippen molar-refractivity contribution in [1.82, 2.24) is 4.98 Å². The number of halogens is 1. The maximum Gasteiger partial charge on any atom is 0.0678 e. The molecule has 1 unspecified atom stereocenters. The Balaban J connectivity index is 2.09. The van der Waals surface area contributed by atoms with Gasteiger partial charge in [0.1, 0.15) is 0 Å². The fourth-order valence-electron chi connectivity index (χ4n) is 3.06. The van der Waals surface area contributed by atoms with E-state index in [1.807, 2.05) is 6.07 Å². The van der Waals surface area contributed by atoms with E-state index in [1.165, 1.54) is 0 Å². The molecule has 0 amide bonds. The molecule has 1 aromatic rings. The minimum absolute atomic E-state index is 0.0379. The standard InChI is InChI=1S/C13H17ClN2O3/c14-9-3-11-10(15-5-9)4-13(7-17,8-18)12-6-19-2-1-16(11)12/h3,5,12,17-18H,1-2,4,6-8H2. The summed E-state index contributed by atoms with van der Waals surface area (Å²) >= 11 is 6.03. The van der Waals surface area contributed by atoms with E-state index in [9.17, 15) is 10.2 Å². The Morgan fingerprint density at radius 3 is 3.00 bits per heavy atom. The van der Waals surface area contributed by atoms with Crippen LogP contribution in [-0.2, 0) is 11.2 Å². The maximum absolute atomic E-state index is 9.76. The van der Waals surface area contributed by atoms with Crippen molar-refractivity contribution in [2.45, 2.75) is 12.5 Å². The molecule has 2 aliphatic heterocycles. The molecule has 1 saturated heterocycles. The van der Waals surface area contributed by atoms with Crippen LogP contribution in [0, 0.1) is 5.41 Å². The number of hydrogen-bond acceptors (Lipinski definition) is 5. The Kier molecular flexibility index (Phi) is 3.39. The Bertz CT molecular complexity index is 479. The van der Waals surface area contributed by atoms with Gasteiger partial charge in [-0.1, -0.05) is 11.6 Å². The van der Waals surface area contributed by atoms with Gasteiger partial charge in [0.05, 0.1) is 48.9 Å². The van der Waals surface area contributed by atoms with Crippen molar-refractivity contribution in [2.24, 2.45) is 5.41 Å². The molecule has 1 atom stereocenters. The lowest BCUT2D eigenvalue weighted by Gasteiger charge is -2.51. The third kappa shape index (κ3) is 2.01. The van der Waals surface area contributed by atoms with Crippen molar-refractivity contribution < 1.29 is 14.9 Å². The monoisotopic (exact) mass is 284 g/mol. The summed E-state index contributed by atoms with van der Waals surface area (Å²) in [5, 5.41) is 20.1. The van der Waals surface area contributed by atoms with Crippen molar-refractivity contribution in [2.75, 3.05) is 37.9 Å². The summed E-state index contributed by atoms with van der Waals surface area (Å²) < 4.78 is 5.53. The van der Waals surface area contributed by atoms with Crippen molar-refractivity contribution in [3.63, 3.8) is 0 Å². The summed E-state index contributed by atoms with van der Waals surface area (Å²) in [6.45, 7) is 1.69. The van der Waals surface area contributed by atoms with Gasteiger partial charge in [-0.3, -0.25) is 4.98 Å². The van der Waals surface area contributed by atoms with E-state index in [1.54, 1.807) is 6.20 Å². The van der Waals surface area contributed by atoms with E-state index in [0.29, 0.717) is 24.7 Å². The minimum Gasteiger partial charge on any atom is -0.396 e. The number of anilines is 1. The van der Waals surface area contributed by atoms with Gasteiger partial charge < -0.3 is 19.8 Å². The molecule has 0 saturated carbocycles. The van der Waals surface area contributed by atoms with E-state index in [0.717, 1.165) is 17.9 Å². The van der Waals surface area contributed by atoms with Gasteiger partial charge >= 0.3 is 0 Å². The molecule has 19 heavy (non-hydrogen) atoms. The first kappa shape index (κ1) is 13.1. The highest BCUT2D eigenvalue weighted by Gasteiger charge is 2.47. The molecule has 0 spiro atoms. The van der Waals surface area contributed by atoms with Gasteiger partial charge in [0, 0.05) is 24.6 Å². The van der Waals surface area contributed by atoms with E-state index in [2.05, 4.69) is 9.88 Å². The number of ether oxygens (including phenoxy) is 1. The molecule has 2 aliphatic rings. The number of aliphatic hydroxyl groups excluding tert-OH is 2. The fourth-order valence-corrected chi connectivity index (χ4v) is 3.22. The van der Waals surface area contributed by atoms with Crippen LogP contribution in [0.1, 0.15) is 5.69 Å². The summed E-state index contributed by atoms with van der Waals surface area (Å²) in [6.07, 6.45) is 2.15. The predicted octanol–water partition coefficient (Wildman–Crippen LogP) is 0.467. The van der Waals surface area contributed by atoms with Gasteiger partial charge in [0.15, 0.2) is 0 Å². The van der Waals surface area contributed by atoms with Gasteiger partial charge in [-0.25, -0.2) is 0 Å². The van der Waals surface area contributed by atoms with E-state index in [-0.39, 0.29) is 19.3 Å². The Labute approximate surface area is 116 Å². The second-order valence-electron chi connectivity index (χ2n) is 5.26. The molecule has 5 nitrogen and oxygen atoms in total.